The molecule has 84 valence electrons. The minimum atomic E-state index is -2.95. The van der Waals surface area contributed by atoms with Crippen LogP contribution in [0.1, 0.15) is 11.1 Å². The highest BCUT2D eigenvalue weighted by atomic mass is 32.2. The average Bonchev–Trinajstić information content (AvgIpc) is 2.14. The van der Waals surface area contributed by atoms with Crippen LogP contribution >= 0.6 is 0 Å². The third-order valence-electron chi connectivity index (χ3n) is 1.87. The van der Waals surface area contributed by atoms with Gasteiger partial charge in [-0.05, 0) is 11.1 Å². The number of hydroxylamine groups is 1. The van der Waals surface area contributed by atoms with Crippen molar-refractivity contribution in [2.45, 2.75) is 12.3 Å². The Morgan fingerprint density at radius 1 is 1.20 bits per heavy atom. The Labute approximate surface area is 90.1 Å². The molecule has 1 rings (SSSR count). The second kappa shape index (κ2) is 5.25. The highest BCUT2D eigenvalue weighted by Gasteiger charge is 2.03. The molecule has 1 aromatic rings. The number of sulfone groups is 1. The van der Waals surface area contributed by atoms with Gasteiger partial charge in [0, 0.05) is 12.8 Å². The smallest absolute Gasteiger partial charge is 0.151 e. The summed E-state index contributed by atoms with van der Waals surface area (Å²) in [6.45, 7) is 0.607. The van der Waals surface area contributed by atoms with Crippen LogP contribution in [0.3, 0.4) is 0 Å². The highest BCUT2D eigenvalue weighted by Crippen LogP contribution is 2.07. The van der Waals surface area contributed by atoms with Gasteiger partial charge >= 0.3 is 0 Å². The molecule has 5 heteroatoms. The van der Waals surface area contributed by atoms with E-state index in [2.05, 4.69) is 5.48 Å². The fourth-order valence-corrected chi connectivity index (χ4v) is 2.01. The molecule has 1 N–H and O–H groups in total. The maximum absolute atomic E-state index is 11.0. The third kappa shape index (κ3) is 4.92. The largest absolute Gasteiger partial charge is 0.305 e. The van der Waals surface area contributed by atoms with Crippen LogP contribution in [0.5, 0.6) is 0 Å². The van der Waals surface area contributed by atoms with E-state index in [0.29, 0.717) is 6.54 Å². The van der Waals surface area contributed by atoms with E-state index in [4.69, 9.17) is 4.84 Å². The van der Waals surface area contributed by atoms with Gasteiger partial charge in [-0.1, -0.05) is 24.3 Å². The van der Waals surface area contributed by atoms with Gasteiger partial charge < -0.3 is 4.84 Å². The van der Waals surface area contributed by atoms with Crippen LogP contribution in [0.2, 0.25) is 0 Å². The first-order valence-corrected chi connectivity index (χ1v) is 6.59. The summed E-state index contributed by atoms with van der Waals surface area (Å²) in [5.41, 5.74) is 4.57. The number of hydrogen-bond donors (Lipinski definition) is 1. The van der Waals surface area contributed by atoms with Crippen molar-refractivity contribution in [3.8, 4) is 0 Å². The molecule has 0 amide bonds. The predicted octanol–water partition coefficient (Wildman–Crippen LogP) is 0.882. The summed E-state index contributed by atoms with van der Waals surface area (Å²) in [6.07, 6.45) is 1.23. The molecule has 0 radical (unpaired) electrons. The molecule has 0 fully saturated rings. The fraction of sp³-hybridized carbons (Fsp3) is 0.400. The number of nitrogens with one attached hydrogen (secondary N) is 1. The molecule has 0 saturated carbocycles. The van der Waals surface area contributed by atoms with Crippen LogP contribution in [0.25, 0.3) is 0 Å². The second-order valence-corrected chi connectivity index (χ2v) is 5.55. The Hall–Kier alpha value is -0.910. The van der Waals surface area contributed by atoms with Crippen molar-refractivity contribution in [2.24, 2.45) is 0 Å². The molecule has 0 bridgehead atoms. The summed E-state index contributed by atoms with van der Waals surface area (Å²) in [7, 11) is -1.39. The fourth-order valence-electron chi connectivity index (χ4n) is 1.21. The van der Waals surface area contributed by atoms with E-state index < -0.39 is 9.84 Å². The number of hydrogen-bond acceptors (Lipinski definition) is 4. The molecule has 15 heavy (non-hydrogen) atoms. The van der Waals surface area contributed by atoms with E-state index >= 15 is 0 Å². The summed E-state index contributed by atoms with van der Waals surface area (Å²) in [5.74, 6) is 0.0883. The van der Waals surface area contributed by atoms with Crippen LogP contribution in [-0.4, -0.2) is 21.8 Å². The van der Waals surface area contributed by atoms with Gasteiger partial charge in [-0.2, -0.15) is 5.48 Å². The molecule has 1 aromatic carbocycles. The van der Waals surface area contributed by atoms with Crippen molar-refractivity contribution in [1.82, 2.24) is 5.48 Å². The van der Waals surface area contributed by atoms with Crippen molar-refractivity contribution < 1.29 is 13.3 Å². The van der Waals surface area contributed by atoms with Gasteiger partial charge in [-0.3, -0.25) is 0 Å². The van der Waals surface area contributed by atoms with Crippen LogP contribution in [0, 0.1) is 0 Å². The van der Waals surface area contributed by atoms with Gasteiger partial charge in [0.1, 0.15) is 0 Å². The predicted molar refractivity (Wildman–Crippen MR) is 58.8 cm³/mol. The third-order valence-corrected chi connectivity index (χ3v) is 2.73. The number of benzene rings is 1. The Kier molecular flexibility index (Phi) is 4.26. The Morgan fingerprint density at radius 3 is 2.20 bits per heavy atom. The average molecular weight is 229 g/mol. The molecular formula is C10H15NO3S. The van der Waals surface area contributed by atoms with E-state index in [9.17, 15) is 8.42 Å². The molecule has 0 heterocycles. The molecule has 0 unspecified atom stereocenters. The zero-order chi connectivity index (χ0) is 11.3. The van der Waals surface area contributed by atoms with Gasteiger partial charge in [0.05, 0.1) is 12.9 Å². The first-order chi connectivity index (χ1) is 7.01. The topological polar surface area (TPSA) is 55.4 Å². The monoisotopic (exact) mass is 229 g/mol. The van der Waals surface area contributed by atoms with E-state index in [1.165, 1.54) is 6.26 Å². The molecule has 0 aliphatic carbocycles. The van der Waals surface area contributed by atoms with Crippen molar-refractivity contribution in [3.05, 3.63) is 35.4 Å². The lowest BCUT2D eigenvalue weighted by atomic mass is 10.1. The molecule has 0 aliphatic heterocycles. The molecule has 4 nitrogen and oxygen atoms in total. The molecular weight excluding hydrogens is 214 g/mol. The molecule has 0 aliphatic rings. The van der Waals surface area contributed by atoms with E-state index in [1.807, 2.05) is 24.3 Å². The van der Waals surface area contributed by atoms with Gasteiger partial charge in [0.2, 0.25) is 0 Å². The Bertz CT molecular complexity index is 397. The van der Waals surface area contributed by atoms with E-state index in [0.717, 1.165) is 11.1 Å². The van der Waals surface area contributed by atoms with Crippen molar-refractivity contribution in [1.29, 1.82) is 0 Å². The van der Waals surface area contributed by atoms with E-state index in [-0.39, 0.29) is 5.75 Å². The maximum atomic E-state index is 11.0. The lowest BCUT2D eigenvalue weighted by Crippen LogP contribution is -2.10. The Balaban J connectivity index is 2.64. The van der Waals surface area contributed by atoms with Gasteiger partial charge in [-0.25, -0.2) is 8.42 Å². The van der Waals surface area contributed by atoms with Crippen molar-refractivity contribution in [2.75, 3.05) is 13.4 Å². The zero-order valence-electron chi connectivity index (χ0n) is 8.86. The van der Waals surface area contributed by atoms with Crippen LogP contribution in [-0.2, 0) is 27.0 Å². The molecule has 0 spiro atoms. The second-order valence-electron chi connectivity index (χ2n) is 3.41. The SMILES string of the molecule is CONCc1ccc(CS(C)(=O)=O)cc1. The summed E-state index contributed by atoms with van der Waals surface area (Å²) < 4.78 is 22.1. The normalized spacial score (nSPS) is 11.6. The first kappa shape index (κ1) is 12.2. The minimum Gasteiger partial charge on any atom is -0.305 e. The Morgan fingerprint density at radius 2 is 1.73 bits per heavy atom. The van der Waals surface area contributed by atoms with Gasteiger partial charge in [0.25, 0.3) is 0 Å². The van der Waals surface area contributed by atoms with Crippen LogP contribution < -0.4 is 5.48 Å². The number of rotatable bonds is 5. The minimum absolute atomic E-state index is 0.0883. The van der Waals surface area contributed by atoms with Gasteiger partial charge in [0.15, 0.2) is 9.84 Å². The molecule has 0 saturated heterocycles. The van der Waals surface area contributed by atoms with Crippen molar-refractivity contribution in [3.63, 3.8) is 0 Å². The lowest BCUT2D eigenvalue weighted by molar-refractivity contribution is 0.0867. The zero-order valence-corrected chi connectivity index (χ0v) is 9.67. The highest BCUT2D eigenvalue weighted by molar-refractivity contribution is 7.89. The molecule has 0 aromatic heterocycles. The van der Waals surface area contributed by atoms with Crippen molar-refractivity contribution >= 4 is 9.84 Å². The lowest BCUT2D eigenvalue weighted by Gasteiger charge is -2.03. The maximum Gasteiger partial charge on any atom is 0.151 e. The summed E-state index contributed by atoms with van der Waals surface area (Å²) in [4.78, 5) is 4.71. The quantitative estimate of drug-likeness (QED) is 0.762. The summed E-state index contributed by atoms with van der Waals surface area (Å²) >= 11 is 0. The molecule has 0 atom stereocenters. The summed E-state index contributed by atoms with van der Waals surface area (Å²) in [5, 5.41) is 0. The summed E-state index contributed by atoms with van der Waals surface area (Å²) in [6, 6.07) is 7.39. The standard InChI is InChI=1S/C10H15NO3S/c1-14-11-7-9-3-5-10(6-4-9)8-15(2,12)13/h3-6,11H,7-8H2,1-2H3. The van der Waals surface area contributed by atoms with Crippen LogP contribution in [0.4, 0.5) is 0 Å². The van der Waals surface area contributed by atoms with E-state index in [1.54, 1.807) is 7.11 Å². The van der Waals surface area contributed by atoms with Crippen LogP contribution in [0.15, 0.2) is 24.3 Å². The first-order valence-electron chi connectivity index (χ1n) is 4.52. The van der Waals surface area contributed by atoms with Gasteiger partial charge in [-0.15, -0.1) is 0 Å².